The zero-order valence-corrected chi connectivity index (χ0v) is 13.0. The smallest absolute Gasteiger partial charge is 0.0669 e. The monoisotopic (exact) mass is 284 g/mol. The van der Waals surface area contributed by atoms with Crippen molar-refractivity contribution in [2.75, 3.05) is 39.9 Å². The molecule has 1 heterocycles. The zero-order valence-electron chi connectivity index (χ0n) is 13.0. The van der Waals surface area contributed by atoms with Crippen LogP contribution in [0.1, 0.15) is 44.9 Å². The topological polar surface area (TPSA) is 44.7 Å². The molecule has 0 aromatic carbocycles. The Kier molecular flexibility index (Phi) is 7.28. The van der Waals surface area contributed by atoms with Crippen molar-refractivity contribution in [3.8, 4) is 0 Å². The number of ether oxygens (including phenoxy) is 1. The summed E-state index contributed by atoms with van der Waals surface area (Å²) >= 11 is 0. The third kappa shape index (κ3) is 5.68. The Morgan fingerprint density at radius 2 is 2.05 bits per heavy atom. The molecular formula is C16H32N2O2. The first-order valence-electron chi connectivity index (χ1n) is 8.40. The average Bonchev–Trinajstić information content (AvgIpc) is 3.09. The first-order valence-corrected chi connectivity index (χ1v) is 8.40. The molecule has 2 unspecified atom stereocenters. The highest BCUT2D eigenvalue weighted by atomic mass is 16.5. The van der Waals surface area contributed by atoms with Gasteiger partial charge in [-0.3, -0.25) is 4.90 Å². The van der Waals surface area contributed by atoms with Crippen LogP contribution in [-0.4, -0.2) is 62.0 Å². The fourth-order valence-corrected chi connectivity index (χ4v) is 3.71. The number of rotatable bonds is 9. The molecule has 2 atom stereocenters. The summed E-state index contributed by atoms with van der Waals surface area (Å²) in [6.07, 6.45) is 8.72. The van der Waals surface area contributed by atoms with E-state index in [-0.39, 0.29) is 6.10 Å². The van der Waals surface area contributed by atoms with E-state index in [1.165, 1.54) is 38.5 Å². The van der Waals surface area contributed by atoms with Crippen molar-refractivity contribution >= 4 is 0 Å². The van der Waals surface area contributed by atoms with Gasteiger partial charge in [-0.2, -0.15) is 0 Å². The van der Waals surface area contributed by atoms with Crippen molar-refractivity contribution in [3.63, 3.8) is 0 Å². The molecule has 2 aliphatic rings. The van der Waals surface area contributed by atoms with Gasteiger partial charge in [0, 0.05) is 32.8 Å². The van der Waals surface area contributed by atoms with E-state index in [0.29, 0.717) is 6.04 Å². The molecule has 2 N–H and O–H groups in total. The molecule has 1 aliphatic carbocycles. The summed E-state index contributed by atoms with van der Waals surface area (Å²) in [5, 5.41) is 13.9. The SMILES string of the molecule is COCCN(CC(O)CC1CCCC1)CC1CCCN1. The standard InChI is InChI=1S/C16H32N2O2/c1-20-10-9-18(12-15-7-4-8-17-15)13-16(19)11-14-5-2-3-6-14/h14-17,19H,2-13H2,1H3. The van der Waals surface area contributed by atoms with Crippen LogP contribution >= 0.6 is 0 Å². The molecule has 0 amide bonds. The summed E-state index contributed by atoms with van der Waals surface area (Å²) in [6, 6.07) is 0.602. The van der Waals surface area contributed by atoms with Gasteiger partial charge in [-0.1, -0.05) is 25.7 Å². The van der Waals surface area contributed by atoms with E-state index in [1.807, 2.05) is 0 Å². The highest BCUT2D eigenvalue weighted by Gasteiger charge is 2.23. The van der Waals surface area contributed by atoms with Crippen LogP contribution in [0.2, 0.25) is 0 Å². The van der Waals surface area contributed by atoms with Crippen molar-refractivity contribution < 1.29 is 9.84 Å². The average molecular weight is 284 g/mol. The Balaban J connectivity index is 1.72. The van der Waals surface area contributed by atoms with Gasteiger partial charge in [-0.25, -0.2) is 0 Å². The van der Waals surface area contributed by atoms with Crippen LogP contribution in [0.15, 0.2) is 0 Å². The highest BCUT2D eigenvalue weighted by Crippen LogP contribution is 2.28. The van der Waals surface area contributed by atoms with Crippen LogP contribution < -0.4 is 5.32 Å². The van der Waals surface area contributed by atoms with Crippen molar-refractivity contribution in [1.82, 2.24) is 10.2 Å². The maximum absolute atomic E-state index is 10.4. The highest BCUT2D eigenvalue weighted by molar-refractivity contribution is 4.80. The van der Waals surface area contributed by atoms with E-state index < -0.39 is 0 Å². The van der Waals surface area contributed by atoms with Crippen LogP contribution in [0.3, 0.4) is 0 Å². The Bertz CT molecular complexity index is 251. The Morgan fingerprint density at radius 3 is 2.70 bits per heavy atom. The van der Waals surface area contributed by atoms with Gasteiger partial charge in [0.05, 0.1) is 12.7 Å². The Hall–Kier alpha value is -0.160. The molecule has 1 saturated heterocycles. The summed E-state index contributed by atoms with van der Waals surface area (Å²) in [7, 11) is 1.75. The lowest BCUT2D eigenvalue weighted by atomic mass is 9.99. The number of hydrogen-bond acceptors (Lipinski definition) is 4. The lowest BCUT2D eigenvalue weighted by Crippen LogP contribution is -2.43. The third-order valence-electron chi connectivity index (χ3n) is 4.80. The number of hydrogen-bond donors (Lipinski definition) is 2. The summed E-state index contributed by atoms with van der Waals surface area (Å²) in [5.74, 6) is 0.763. The number of methoxy groups -OCH3 is 1. The Morgan fingerprint density at radius 1 is 1.25 bits per heavy atom. The van der Waals surface area contributed by atoms with E-state index in [4.69, 9.17) is 4.74 Å². The molecule has 0 aromatic heterocycles. The van der Waals surface area contributed by atoms with Crippen molar-refractivity contribution in [3.05, 3.63) is 0 Å². The normalized spacial score (nSPS) is 25.6. The van der Waals surface area contributed by atoms with Gasteiger partial charge in [0.1, 0.15) is 0 Å². The first kappa shape index (κ1) is 16.2. The minimum Gasteiger partial charge on any atom is -0.392 e. The van der Waals surface area contributed by atoms with E-state index in [9.17, 15) is 5.11 Å². The zero-order chi connectivity index (χ0) is 14.2. The second-order valence-electron chi connectivity index (χ2n) is 6.59. The van der Waals surface area contributed by atoms with Crippen LogP contribution in [0.4, 0.5) is 0 Å². The molecule has 0 bridgehead atoms. The molecule has 2 fully saturated rings. The molecule has 118 valence electrons. The maximum atomic E-state index is 10.4. The molecule has 0 spiro atoms. The number of nitrogens with zero attached hydrogens (tertiary/aromatic N) is 1. The first-order chi connectivity index (χ1) is 9.78. The molecule has 4 heteroatoms. The minimum atomic E-state index is -0.170. The van der Waals surface area contributed by atoms with E-state index in [2.05, 4.69) is 10.2 Å². The molecule has 2 rings (SSSR count). The second kappa shape index (κ2) is 8.98. The van der Waals surface area contributed by atoms with Gasteiger partial charge in [0.25, 0.3) is 0 Å². The maximum Gasteiger partial charge on any atom is 0.0669 e. The van der Waals surface area contributed by atoms with Gasteiger partial charge in [-0.05, 0) is 31.7 Å². The van der Waals surface area contributed by atoms with Gasteiger partial charge >= 0.3 is 0 Å². The van der Waals surface area contributed by atoms with Crippen LogP contribution in [0.25, 0.3) is 0 Å². The fourth-order valence-electron chi connectivity index (χ4n) is 3.71. The number of aliphatic hydroxyl groups is 1. The van der Waals surface area contributed by atoms with E-state index in [0.717, 1.165) is 45.1 Å². The molecule has 0 radical (unpaired) electrons. The van der Waals surface area contributed by atoms with Crippen LogP contribution in [-0.2, 0) is 4.74 Å². The largest absolute Gasteiger partial charge is 0.392 e. The Labute approximate surface area is 123 Å². The van der Waals surface area contributed by atoms with Crippen LogP contribution in [0, 0.1) is 5.92 Å². The lowest BCUT2D eigenvalue weighted by molar-refractivity contribution is 0.0706. The van der Waals surface area contributed by atoms with E-state index >= 15 is 0 Å². The molecular weight excluding hydrogens is 252 g/mol. The van der Waals surface area contributed by atoms with Crippen molar-refractivity contribution in [2.24, 2.45) is 5.92 Å². The van der Waals surface area contributed by atoms with Crippen LogP contribution in [0.5, 0.6) is 0 Å². The van der Waals surface area contributed by atoms with Crippen molar-refractivity contribution in [2.45, 2.75) is 57.1 Å². The quantitative estimate of drug-likeness (QED) is 0.675. The predicted molar refractivity (Wildman–Crippen MR) is 81.9 cm³/mol. The lowest BCUT2D eigenvalue weighted by Gasteiger charge is -2.28. The summed E-state index contributed by atoms with van der Waals surface area (Å²) in [6.45, 7) is 4.68. The second-order valence-corrected chi connectivity index (χ2v) is 6.59. The molecule has 1 saturated carbocycles. The number of aliphatic hydroxyl groups excluding tert-OH is 1. The molecule has 0 aromatic rings. The van der Waals surface area contributed by atoms with Gasteiger partial charge in [0.15, 0.2) is 0 Å². The summed E-state index contributed by atoms with van der Waals surface area (Å²) < 4.78 is 5.21. The van der Waals surface area contributed by atoms with Gasteiger partial charge < -0.3 is 15.2 Å². The number of nitrogens with one attached hydrogen (secondary N) is 1. The molecule has 20 heavy (non-hydrogen) atoms. The summed E-state index contributed by atoms with van der Waals surface area (Å²) in [4.78, 5) is 2.38. The van der Waals surface area contributed by atoms with Gasteiger partial charge in [-0.15, -0.1) is 0 Å². The minimum absolute atomic E-state index is 0.170. The molecule has 1 aliphatic heterocycles. The van der Waals surface area contributed by atoms with Crippen molar-refractivity contribution in [1.29, 1.82) is 0 Å². The van der Waals surface area contributed by atoms with Gasteiger partial charge in [0.2, 0.25) is 0 Å². The predicted octanol–water partition coefficient (Wildman–Crippen LogP) is 1.63. The summed E-state index contributed by atoms with van der Waals surface area (Å²) in [5.41, 5.74) is 0. The molecule has 4 nitrogen and oxygen atoms in total. The third-order valence-corrected chi connectivity index (χ3v) is 4.80. The van der Waals surface area contributed by atoms with E-state index in [1.54, 1.807) is 7.11 Å². The fraction of sp³-hybridized carbons (Fsp3) is 1.00.